The average molecular weight is 551 g/mol. The lowest BCUT2D eigenvalue weighted by atomic mass is 10.1. The average Bonchev–Trinajstić information content (AvgIpc) is 2.76. The molecule has 0 saturated heterocycles. The molecule has 0 bridgehead atoms. The van der Waals surface area contributed by atoms with Crippen molar-refractivity contribution in [1.82, 2.24) is 0 Å². The van der Waals surface area contributed by atoms with E-state index in [0.29, 0.717) is 20.6 Å². The van der Waals surface area contributed by atoms with Gasteiger partial charge < -0.3 is 19.5 Å². The zero-order chi connectivity index (χ0) is 23.7. The predicted molar refractivity (Wildman–Crippen MR) is 123 cm³/mol. The SMILES string of the molecule is CCOC(=O)COc1c(I)cc(/C=C(\C#N)C(=O)Nc2cccc([N+](=O)[O-])c2)cc1OC. The molecule has 0 aliphatic carbocycles. The molecule has 0 radical (unpaired) electrons. The zero-order valence-corrected chi connectivity index (χ0v) is 19.2. The van der Waals surface area contributed by atoms with Gasteiger partial charge in [0, 0.05) is 17.8 Å². The first-order valence-electron chi connectivity index (χ1n) is 9.12. The van der Waals surface area contributed by atoms with Crippen molar-refractivity contribution in [2.24, 2.45) is 0 Å². The first kappa shape index (κ1) is 24.6. The van der Waals surface area contributed by atoms with Gasteiger partial charge in [-0.2, -0.15) is 5.26 Å². The molecule has 11 heteroatoms. The number of amides is 1. The summed E-state index contributed by atoms with van der Waals surface area (Å²) >= 11 is 1.97. The van der Waals surface area contributed by atoms with Gasteiger partial charge in [-0.1, -0.05) is 6.07 Å². The number of hydrogen-bond acceptors (Lipinski definition) is 8. The maximum Gasteiger partial charge on any atom is 0.344 e. The quantitative estimate of drug-likeness (QED) is 0.124. The maximum atomic E-state index is 12.5. The Hall–Kier alpha value is -3.66. The highest BCUT2D eigenvalue weighted by molar-refractivity contribution is 14.1. The lowest BCUT2D eigenvalue weighted by Crippen LogP contribution is -2.15. The predicted octanol–water partition coefficient (Wildman–Crippen LogP) is 3.70. The number of nitrogens with zero attached hydrogens (tertiary/aromatic N) is 2. The summed E-state index contributed by atoms with van der Waals surface area (Å²) in [6.07, 6.45) is 1.34. The molecule has 0 aromatic heterocycles. The van der Waals surface area contributed by atoms with Crippen LogP contribution in [0.25, 0.3) is 6.08 Å². The number of ether oxygens (including phenoxy) is 3. The standard InChI is InChI=1S/C21H18IN3O7/c1-3-31-19(26)12-32-20-17(22)8-13(9-18(20)30-2)7-14(11-23)21(27)24-15-5-4-6-16(10-15)25(28)29/h4-10H,3,12H2,1-2H3,(H,24,27)/b14-7+. The fraction of sp³-hybridized carbons (Fsp3) is 0.190. The first-order valence-corrected chi connectivity index (χ1v) is 10.2. The Morgan fingerprint density at radius 2 is 2.06 bits per heavy atom. The van der Waals surface area contributed by atoms with Gasteiger partial charge in [0.25, 0.3) is 11.6 Å². The highest BCUT2D eigenvalue weighted by Crippen LogP contribution is 2.34. The molecule has 0 heterocycles. The van der Waals surface area contributed by atoms with Gasteiger partial charge in [0.15, 0.2) is 18.1 Å². The number of benzene rings is 2. The van der Waals surface area contributed by atoms with Crippen molar-refractivity contribution >= 4 is 51.9 Å². The highest BCUT2D eigenvalue weighted by atomic mass is 127. The summed E-state index contributed by atoms with van der Waals surface area (Å²) in [5.74, 6) is -0.648. The zero-order valence-electron chi connectivity index (χ0n) is 17.1. The summed E-state index contributed by atoms with van der Waals surface area (Å²) < 4.78 is 16.2. The normalized spacial score (nSPS) is 10.6. The second kappa shape index (κ2) is 11.7. The molecule has 0 spiro atoms. The first-order chi connectivity index (χ1) is 15.3. The van der Waals surface area contributed by atoms with Crippen molar-refractivity contribution in [1.29, 1.82) is 5.26 Å². The van der Waals surface area contributed by atoms with Gasteiger partial charge in [-0.3, -0.25) is 14.9 Å². The molecular weight excluding hydrogens is 533 g/mol. The molecule has 0 atom stereocenters. The minimum absolute atomic E-state index is 0.181. The number of nitro benzene ring substituents is 1. The van der Waals surface area contributed by atoms with E-state index >= 15 is 0 Å². The van der Waals surface area contributed by atoms with Crippen LogP contribution in [-0.4, -0.2) is 37.1 Å². The van der Waals surface area contributed by atoms with E-state index in [0.717, 1.165) is 0 Å². The highest BCUT2D eigenvalue weighted by Gasteiger charge is 2.16. The second-order valence-electron chi connectivity index (χ2n) is 6.06. The Kier molecular flexibility index (Phi) is 8.96. The summed E-state index contributed by atoms with van der Waals surface area (Å²) in [7, 11) is 1.41. The fourth-order valence-corrected chi connectivity index (χ4v) is 3.29. The van der Waals surface area contributed by atoms with E-state index in [-0.39, 0.29) is 30.2 Å². The van der Waals surface area contributed by atoms with Crippen LogP contribution in [-0.2, 0) is 14.3 Å². The third kappa shape index (κ3) is 6.67. The van der Waals surface area contributed by atoms with Gasteiger partial charge in [-0.05, 0) is 59.4 Å². The van der Waals surface area contributed by atoms with E-state index in [4.69, 9.17) is 14.2 Å². The van der Waals surface area contributed by atoms with E-state index in [2.05, 4.69) is 5.32 Å². The number of carbonyl (C=O) groups is 2. The van der Waals surface area contributed by atoms with Gasteiger partial charge in [-0.25, -0.2) is 4.79 Å². The van der Waals surface area contributed by atoms with Crippen LogP contribution in [0.1, 0.15) is 12.5 Å². The summed E-state index contributed by atoms with van der Waals surface area (Å²) in [5, 5.41) is 22.8. The van der Waals surface area contributed by atoms with Gasteiger partial charge in [0.2, 0.25) is 0 Å². The molecule has 32 heavy (non-hydrogen) atoms. The number of nitro groups is 1. The van der Waals surface area contributed by atoms with Crippen molar-refractivity contribution in [3.8, 4) is 17.6 Å². The number of halogens is 1. The number of esters is 1. The van der Waals surface area contributed by atoms with Crippen LogP contribution in [0.4, 0.5) is 11.4 Å². The Morgan fingerprint density at radius 3 is 2.69 bits per heavy atom. The Morgan fingerprint density at radius 1 is 1.31 bits per heavy atom. The van der Waals surface area contributed by atoms with E-state index < -0.39 is 16.8 Å². The van der Waals surface area contributed by atoms with Crippen molar-refractivity contribution in [2.75, 3.05) is 25.6 Å². The molecule has 10 nitrogen and oxygen atoms in total. The minimum atomic E-state index is -0.732. The molecule has 166 valence electrons. The van der Waals surface area contributed by atoms with Gasteiger partial charge >= 0.3 is 5.97 Å². The number of hydrogen-bond donors (Lipinski definition) is 1. The molecule has 2 aromatic rings. The second-order valence-corrected chi connectivity index (χ2v) is 7.22. The minimum Gasteiger partial charge on any atom is -0.493 e. The summed E-state index contributed by atoms with van der Waals surface area (Å²) in [5.41, 5.74) is 0.234. The summed E-state index contributed by atoms with van der Waals surface area (Å²) in [6.45, 7) is 1.62. The van der Waals surface area contributed by atoms with Gasteiger partial charge in [0.05, 0.1) is 22.2 Å². The monoisotopic (exact) mass is 551 g/mol. The molecule has 2 rings (SSSR count). The van der Waals surface area contributed by atoms with Crippen LogP contribution in [0.5, 0.6) is 11.5 Å². The van der Waals surface area contributed by atoms with Crippen LogP contribution in [0.3, 0.4) is 0 Å². The van der Waals surface area contributed by atoms with Crippen LogP contribution in [0.2, 0.25) is 0 Å². The smallest absolute Gasteiger partial charge is 0.344 e. The lowest BCUT2D eigenvalue weighted by Gasteiger charge is -2.13. The third-order valence-electron chi connectivity index (χ3n) is 3.88. The molecule has 0 saturated carbocycles. The molecule has 0 unspecified atom stereocenters. The van der Waals surface area contributed by atoms with Gasteiger partial charge in [0.1, 0.15) is 11.6 Å². The topological polar surface area (TPSA) is 141 Å². The van der Waals surface area contributed by atoms with E-state index in [1.54, 1.807) is 19.1 Å². The van der Waals surface area contributed by atoms with Crippen molar-refractivity contribution in [3.63, 3.8) is 0 Å². The van der Waals surface area contributed by atoms with E-state index in [1.807, 2.05) is 28.7 Å². The van der Waals surface area contributed by atoms with E-state index in [1.165, 1.54) is 37.5 Å². The molecule has 0 aliphatic heterocycles. The molecule has 1 amide bonds. The lowest BCUT2D eigenvalue weighted by molar-refractivity contribution is -0.384. The number of methoxy groups -OCH3 is 1. The Labute approximate surface area is 197 Å². The number of carbonyl (C=O) groups excluding carboxylic acids is 2. The Balaban J connectivity index is 2.26. The number of nitriles is 1. The number of nitrogens with one attached hydrogen (secondary N) is 1. The van der Waals surface area contributed by atoms with Crippen molar-refractivity contribution < 1.29 is 28.7 Å². The third-order valence-corrected chi connectivity index (χ3v) is 4.68. The molecule has 2 aromatic carbocycles. The number of rotatable bonds is 9. The summed E-state index contributed by atoms with van der Waals surface area (Å²) in [4.78, 5) is 34.3. The Bertz CT molecular complexity index is 1110. The summed E-state index contributed by atoms with van der Waals surface area (Å²) in [6, 6.07) is 10.4. The molecule has 0 fully saturated rings. The van der Waals surface area contributed by atoms with Crippen LogP contribution >= 0.6 is 22.6 Å². The van der Waals surface area contributed by atoms with Gasteiger partial charge in [-0.15, -0.1) is 0 Å². The van der Waals surface area contributed by atoms with Crippen LogP contribution in [0.15, 0.2) is 42.0 Å². The largest absolute Gasteiger partial charge is 0.493 e. The molecular formula is C21H18IN3O7. The number of anilines is 1. The molecule has 0 aliphatic rings. The van der Waals surface area contributed by atoms with Crippen LogP contribution < -0.4 is 14.8 Å². The fourth-order valence-electron chi connectivity index (χ4n) is 2.51. The van der Waals surface area contributed by atoms with Crippen molar-refractivity contribution in [2.45, 2.75) is 6.92 Å². The van der Waals surface area contributed by atoms with Crippen LogP contribution in [0, 0.1) is 25.0 Å². The molecule has 1 N–H and O–H groups in total. The van der Waals surface area contributed by atoms with E-state index in [9.17, 15) is 25.0 Å². The number of non-ortho nitro benzene ring substituents is 1. The van der Waals surface area contributed by atoms with Crippen molar-refractivity contribution in [3.05, 3.63) is 61.2 Å². The maximum absolute atomic E-state index is 12.5.